The van der Waals surface area contributed by atoms with Crippen molar-refractivity contribution < 1.29 is 9.18 Å². The van der Waals surface area contributed by atoms with Crippen LogP contribution in [0.2, 0.25) is 0 Å². The van der Waals surface area contributed by atoms with Crippen LogP contribution in [-0.2, 0) is 6.54 Å². The first-order valence-corrected chi connectivity index (χ1v) is 8.48. The second-order valence-corrected chi connectivity index (χ2v) is 5.97. The molecular weight excluding hydrogens is 321 g/mol. The molecule has 1 N–H and O–H groups in total. The largest absolute Gasteiger partial charge is 0.347 e. The maximum atomic E-state index is 12.9. The first-order valence-electron chi connectivity index (χ1n) is 8.48. The lowest BCUT2D eigenvalue weighted by Crippen LogP contribution is -2.46. The number of rotatable bonds is 5. The van der Waals surface area contributed by atoms with Crippen LogP contribution >= 0.6 is 0 Å². The molecule has 0 bridgehead atoms. The summed E-state index contributed by atoms with van der Waals surface area (Å²) in [4.78, 5) is 25.5. The molecule has 6 nitrogen and oxygen atoms in total. The number of hydrogen-bond acceptors (Lipinski definition) is 5. The fourth-order valence-electron chi connectivity index (χ4n) is 2.77. The average Bonchev–Trinajstić information content (AvgIpc) is 2.67. The van der Waals surface area contributed by atoms with Crippen LogP contribution in [0, 0.1) is 5.82 Å². The summed E-state index contributed by atoms with van der Waals surface area (Å²) in [7, 11) is 0. The molecular formula is C18H22FN5O. The molecule has 0 saturated carbocycles. The smallest absolute Gasteiger partial charge is 0.270 e. The number of aromatic nitrogens is 2. The van der Waals surface area contributed by atoms with Crippen molar-refractivity contribution in [1.82, 2.24) is 20.2 Å². The van der Waals surface area contributed by atoms with E-state index in [2.05, 4.69) is 32.0 Å². The minimum absolute atomic E-state index is 0.264. The molecule has 0 spiro atoms. The van der Waals surface area contributed by atoms with Gasteiger partial charge in [-0.15, -0.1) is 0 Å². The van der Waals surface area contributed by atoms with E-state index in [1.165, 1.54) is 12.1 Å². The Morgan fingerprint density at radius 1 is 1.16 bits per heavy atom. The number of halogens is 1. The van der Waals surface area contributed by atoms with Crippen molar-refractivity contribution in [3.05, 3.63) is 53.6 Å². The second-order valence-electron chi connectivity index (χ2n) is 5.97. The molecule has 2 aromatic rings. The molecule has 1 saturated heterocycles. The molecule has 0 unspecified atom stereocenters. The van der Waals surface area contributed by atoms with Crippen molar-refractivity contribution >= 4 is 11.9 Å². The van der Waals surface area contributed by atoms with Crippen molar-refractivity contribution in [3.63, 3.8) is 0 Å². The highest BCUT2D eigenvalue weighted by Gasteiger charge is 2.19. The predicted molar refractivity (Wildman–Crippen MR) is 93.9 cm³/mol. The van der Waals surface area contributed by atoms with Crippen LogP contribution in [0.25, 0.3) is 0 Å². The van der Waals surface area contributed by atoms with Gasteiger partial charge < -0.3 is 15.1 Å². The molecule has 0 aliphatic carbocycles. The summed E-state index contributed by atoms with van der Waals surface area (Å²) in [6.07, 6.45) is 1.61. The van der Waals surface area contributed by atoms with Gasteiger partial charge in [-0.1, -0.05) is 19.1 Å². The Bertz CT molecular complexity index is 714. The Hall–Kier alpha value is -2.54. The monoisotopic (exact) mass is 343 g/mol. The molecule has 1 aromatic carbocycles. The van der Waals surface area contributed by atoms with Crippen molar-refractivity contribution in [2.45, 2.75) is 13.5 Å². The summed E-state index contributed by atoms with van der Waals surface area (Å²) in [5.41, 5.74) is 1.17. The highest BCUT2D eigenvalue weighted by molar-refractivity contribution is 5.92. The van der Waals surface area contributed by atoms with Gasteiger partial charge in [-0.2, -0.15) is 0 Å². The summed E-state index contributed by atoms with van der Waals surface area (Å²) in [5, 5.41) is 2.80. The van der Waals surface area contributed by atoms with Gasteiger partial charge >= 0.3 is 0 Å². The van der Waals surface area contributed by atoms with Crippen LogP contribution in [0.5, 0.6) is 0 Å². The van der Waals surface area contributed by atoms with E-state index >= 15 is 0 Å². The van der Waals surface area contributed by atoms with Gasteiger partial charge in [-0.3, -0.25) is 4.79 Å². The maximum Gasteiger partial charge on any atom is 0.270 e. The molecule has 7 heteroatoms. The number of benzene rings is 1. The minimum atomic E-state index is -0.293. The number of carbonyl (C=O) groups is 1. The molecule has 1 aliphatic rings. The van der Waals surface area contributed by atoms with Gasteiger partial charge in [0.05, 0.1) is 0 Å². The van der Waals surface area contributed by atoms with Crippen molar-refractivity contribution in [2.24, 2.45) is 0 Å². The van der Waals surface area contributed by atoms with Crippen LogP contribution in [-0.4, -0.2) is 53.5 Å². The third-order valence-corrected chi connectivity index (χ3v) is 4.34. The molecule has 1 aliphatic heterocycles. The van der Waals surface area contributed by atoms with Crippen molar-refractivity contribution in [2.75, 3.05) is 37.6 Å². The van der Waals surface area contributed by atoms with Crippen LogP contribution in [0.3, 0.4) is 0 Å². The number of carbonyl (C=O) groups excluding carboxylic acids is 1. The molecule has 1 aromatic heterocycles. The van der Waals surface area contributed by atoms with E-state index in [-0.39, 0.29) is 11.7 Å². The topological polar surface area (TPSA) is 61.4 Å². The van der Waals surface area contributed by atoms with Crippen molar-refractivity contribution in [1.29, 1.82) is 0 Å². The van der Waals surface area contributed by atoms with Gasteiger partial charge in [-0.05, 0) is 30.3 Å². The van der Waals surface area contributed by atoms with Gasteiger partial charge in [-0.25, -0.2) is 14.4 Å². The summed E-state index contributed by atoms with van der Waals surface area (Å²) >= 11 is 0. The molecule has 132 valence electrons. The third-order valence-electron chi connectivity index (χ3n) is 4.34. The van der Waals surface area contributed by atoms with Crippen molar-refractivity contribution in [3.8, 4) is 0 Å². The molecule has 1 amide bonds. The minimum Gasteiger partial charge on any atom is -0.347 e. The van der Waals surface area contributed by atoms with Crippen LogP contribution in [0.15, 0.2) is 36.5 Å². The third kappa shape index (κ3) is 4.51. The zero-order chi connectivity index (χ0) is 17.6. The lowest BCUT2D eigenvalue weighted by molar-refractivity contribution is 0.0945. The Kier molecular flexibility index (Phi) is 5.55. The van der Waals surface area contributed by atoms with Crippen LogP contribution in [0.4, 0.5) is 10.3 Å². The Morgan fingerprint density at radius 2 is 1.88 bits per heavy atom. The number of anilines is 1. The van der Waals surface area contributed by atoms with Crippen LogP contribution in [0.1, 0.15) is 23.0 Å². The van der Waals surface area contributed by atoms with E-state index in [1.54, 1.807) is 24.4 Å². The van der Waals surface area contributed by atoms with E-state index in [9.17, 15) is 9.18 Å². The molecule has 1 fully saturated rings. The normalized spacial score (nSPS) is 15.2. The molecule has 25 heavy (non-hydrogen) atoms. The molecule has 0 radical (unpaired) electrons. The van der Waals surface area contributed by atoms with E-state index in [4.69, 9.17) is 0 Å². The molecule has 3 rings (SSSR count). The van der Waals surface area contributed by atoms with Gasteiger partial charge in [0.2, 0.25) is 5.95 Å². The number of likely N-dealkylation sites (N-methyl/N-ethyl adjacent to an activating group) is 1. The lowest BCUT2D eigenvalue weighted by Gasteiger charge is -2.34. The molecule has 0 atom stereocenters. The van der Waals surface area contributed by atoms with Gasteiger partial charge in [0.25, 0.3) is 5.91 Å². The van der Waals surface area contributed by atoms with E-state index in [1.807, 2.05) is 0 Å². The Labute approximate surface area is 146 Å². The quantitative estimate of drug-likeness (QED) is 0.895. The Balaban J connectivity index is 1.60. The van der Waals surface area contributed by atoms with E-state index in [0.29, 0.717) is 18.2 Å². The number of piperazine rings is 1. The van der Waals surface area contributed by atoms with Gasteiger partial charge in [0, 0.05) is 38.9 Å². The first kappa shape index (κ1) is 17.3. The second kappa shape index (κ2) is 8.02. The lowest BCUT2D eigenvalue weighted by atomic mass is 10.2. The predicted octanol–water partition coefficient (Wildman–Crippen LogP) is 1.69. The number of amides is 1. The van der Waals surface area contributed by atoms with Crippen LogP contribution < -0.4 is 10.2 Å². The number of nitrogens with one attached hydrogen (secondary N) is 1. The van der Waals surface area contributed by atoms with E-state index < -0.39 is 0 Å². The fourth-order valence-corrected chi connectivity index (χ4v) is 2.77. The first-order chi connectivity index (χ1) is 12.2. The highest BCUT2D eigenvalue weighted by atomic mass is 19.1. The highest BCUT2D eigenvalue weighted by Crippen LogP contribution is 2.11. The number of hydrogen-bond donors (Lipinski definition) is 1. The average molecular weight is 343 g/mol. The Morgan fingerprint density at radius 3 is 2.56 bits per heavy atom. The van der Waals surface area contributed by atoms with Gasteiger partial charge in [0.15, 0.2) is 0 Å². The summed E-state index contributed by atoms with van der Waals surface area (Å²) in [6.45, 7) is 7.18. The maximum absolute atomic E-state index is 12.9. The summed E-state index contributed by atoms with van der Waals surface area (Å²) in [5.74, 6) is 0.0315. The molecule has 2 heterocycles. The standard InChI is InChI=1S/C18H22FN5O/c1-2-23-9-11-24(12-10-23)18-20-8-7-16(22-18)17(25)21-13-14-3-5-15(19)6-4-14/h3-8H,2,9-13H2,1H3,(H,21,25). The summed E-state index contributed by atoms with van der Waals surface area (Å²) in [6, 6.07) is 7.65. The SMILES string of the molecule is CCN1CCN(c2nccc(C(=O)NCc3ccc(F)cc3)n2)CC1. The number of nitrogens with zero attached hydrogens (tertiary/aromatic N) is 4. The zero-order valence-electron chi connectivity index (χ0n) is 14.3. The van der Waals surface area contributed by atoms with E-state index in [0.717, 1.165) is 38.3 Å². The fraction of sp³-hybridized carbons (Fsp3) is 0.389. The van der Waals surface area contributed by atoms with Gasteiger partial charge in [0.1, 0.15) is 11.5 Å². The zero-order valence-corrected chi connectivity index (χ0v) is 14.3. The summed E-state index contributed by atoms with van der Waals surface area (Å²) < 4.78 is 12.9.